The minimum Gasteiger partial charge on any atom is -0.314 e. The van der Waals surface area contributed by atoms with Crippen LogP contribution >= 0.6 is 0 Å². The van der Waals surface area contributed by atoms with Crippen molar-refractivity contribution in [3.8, 4) is 0 Å². The first-order valence-electron chi connectivity index (χ1n) is 8.19. The Morgan fingerprint density at radius 3 is 2.55 bits per heavy atom. The molecular weight excluding hydrogens is 249 g/mol. The fourth-order valence-corrected chi connectivity index (χ4v) is 3.87. The summed E-state index contributed by atoms with van der Waals surface area (Å²) in [6, 6.07) is 7.74. The highest BCUT2D eigenvalue weighted by atomic mass is 19.1. The van der Waals surface area contributed by atoms with Gasteiger partial charge in [-0.1, -0.05) is 31.9 Å². The molecule has 1 N–H and O–H groups in total. The molecule has 2 heteroatoms. The third kappa shape index (κ3) is 3.41. The van der Waals surface area contributed by atoms with E-state index in [9.17, 15) is 4.39 Å². The van der Waals surface area contributed by atoms with E-state index in [0.717, 1.165) is 11.8 Å². The summed E-state index contributed by atoms with van der Waals surface area (Å²) >= 11 is 0. The fourth-order valence-electron chi connectivity index (χ4n) is 3.87. The van der Waals surface area contributed by atoms with Crippen LogP contribution in [0.1, 0.15) is 56.9 Å². The van der Waals surface area contributed by atoms with Crippen molar-refractivity contribution < 1.29 is 4.39 Å². The van der Waals surface area contributed by atoms with Gasteiger partial charge in [-0.25, -0.2) is 4.39 Å². The zero-order valence-corrected chi connectivity index (χ0v) is 12.4. The molecule has 20 heavy (non-hydrogen) atoms. The molecule has 2 fully saturated rings. The third-order valence-electron chi connectivity index (χ3n) is 5.22. The first-order valence-corrected chi connectivity index (χ1v) is 8.19. The Kier molecular flexibility index (Phi) is 4.40. The molecule has 0 radical (unpaired) electrons. The van der Waals surface area contributed by atoms with Gasteiger partial charge in [-0.2, -0.15) is 0 Å². The van der Waals surface area contributed by atoms with Crippen LogP contribution in [0.25, 0.3) is 0 Å². The lowest BCUT2D eigenvalue weighted by Gasteiger charge is -2.38. The second-order valence-corrected chi connectivity index (χ2v) is 6.96. The average molecular weight is 275 g/mol. The van der Waals surface area contributed by atoms with Crippen molar-refractivity contribution in [3.05, 3.63) is 35.6 Å². The van der Waals surface area contributed by atoms with Gasteiger partial charge in [-0.15, -0.1) is 0 Å². The van der Waals surface area contributed by atoms with Gasteiger partial charge in [0.05, 0.1) is 0 Å². The van der Waals surface area contributed by atoms with Gasteiger partial charge in [0.1, 0.15) is 5.82 Å². The maximum atomic E-state index is 12.9. The van der Waals surface area contributed by atoms with Crippen LogP contribution in [0.3, 0.4) is 0 Å². The van der Waals surface area contributed by atoms with Crippen molar-refractivity contribution in [3.63, 3.8) is 0 Å². The Labute approximate surface area is 122 Å². The molecule has 0 aromatic heterocycles. The molecule has 0 amide bonds. The summed E-state index contributed by atoms with van der Waals surface area (Å²) in [5.74, 6) is 2.32. The predicted octanol–water partition coefficient (Wildman–Crippen LogP) is 4.49. The summed E-state index contributed by atoms with van der Waals surface area (Å²) in [6.07, 6.45) is 8.08. The first kappa shape index (κ1) is 14.1. The molecule has 0 saturated heterocycles. The summed E-state index contributed by atoms with van der Waals surface area (Å²) in [4.78, 5) is 0. The Hall–Kier alpha value is -0.890. The molecule has 2 atom stereocenters. The van der Waals surface area contributed by atoms with Gasteiger partial charge in [0.15, 0.2) is 0 Å². The number of hydrogen-bond acceptors (Lipinski definition) is 1. The highest BCUT2D eigenvalue weighted by Crippen LogP contribution is 2.37. The molecule has 2 saturated carbocycles. The monoisotopic (exact) mass is 275 g/mol. The molecule has 1 nitrogen and oxygen atoms in total. The zero-order valence-electron chi connectivity index (χ0n) is 12.4. The Morgan fingerprint density at radius 2 is 1.85 bits per heavy atom. The lowest BCUT2D eigenvalue weighted by atomic mass is 9.75. The molecule has 1 aromatic rings. The smallest absolute Gasteiger partial charge is 0.123 e. The zero-order chi connectivity index (χ0) is 13.9. The van der Waals surface area contributed by atoms with Gasteiger partial charge in [0.25, 0.3) is 0 Å². The fraction of sp³-hybridized carbons (Fsp3) is 0.667. The van der Waals surface area contributed by atoms with E-state index >= 15 is 0 Å². The van der Waals surface area contributed by atoms with Gasteiger partial charge in [0, 0.05) is 6.04 Å². The second kappa shape index (κ2) is 6.26. The summed E-state index contributed by atoms with van der Waals surface area (Å²) in [5, 5.41) is 3.75. The van der Waals surface area contributed by atoms with Crippen LogP contribution < -0.4 is 5.32 Å². The van der Waals surface area contributed by atoms with Crippen LogP contribution in [0.4, 0.5) is 4.39 Å². The van der Waals surface area contributed by atoms with Crippen LogP contribution in [0.2, 0.25) is 0 Å². The highest BCUT2D eigenvalue weighted by Gasteiger charge is 2.30. The summed E-state index contributed by atoms with van der Waals surface area (Å²) in [5.41, 5.74) is 1.30. The van der Waals surface area contributed by atoms with E-state index in [1.165, 1.54) is 50.6 Å². The summed E-state index contributed by atoms with van der Waals surface area (Å²) < 4.78 is 12.9. The topological polar surface area (TPSA) is 12.0 Å². The van der Waals surface area contributed by atoms with Gasteiger partial charge in [-0.3, -0.25) is 0 Å². The first-order chi connectivity index (χ1) is 9.70. The lowest BCUT2D eigenvalue weighted by Crippen LogP contribution is -2.42. The van der Waals surface area contributed by atoms with E-state index in [2.05, 4.69) is 12.2 Å². The Morgan fingerprint density at radius 1 is 1.10 bits per heavy atom. The summed E-state index contributed by atoms with van der Waals surface area (Å²) in [7, 11) is 0. The molecule has 2 unspecified atom stereocenters. The van der Waals surface area contributed by atoms with Crippen LogP contribution in [0, 0.1) is 17.7 Å². The average Bonchev–Trinajstić information content (AvgIpc) is 2.39. The van der Waals surface area contributed by atoms with E-state index in [1.807, 2.05) is 12.1 Å². The molecule has 0 heterocycles. The van der Waals surface area contributed by atoms with Crippen LogP contribution in [-0.2, 0) is 0 Å². The molecule has 2 aliphatic carbocycles. The molecule has 0 spiro atoms. The lowest BCUT2D eigenvalue weighted by molar-refractivity contribution is 0.232. The standard InChI is InChI=1S/C18H26FN/c1-13-3-2-4-14(9-13)12-20-18-10-16(11-18)15-5-7-17(19)8-6-15/h5-8,13-14,16,18,20H,2-4,9-12H2,1H3. The van der Waals surface area contributed by atoms with Crippen molar-refractivity contribution in [2.75, 3.05) is 6.54 Å². The largest absolute Gasteiger partial charge is 0.314 e. The maximum Gasteiger partial charge on any atom is 0.123 e. The Bertz CT molecular complexity index is 422. The van der Waals surface area contributed by atoms with Gasteiger partial charge in [-0.05, 0) is 67.7 Å². The summed E-state index contributed by atoms with van der Waals surface area (Å²) in [6.45, 7) is 3.59. The van der Waals surface area contributed by atoms with Crippen LogP contribution in [0.5, 0.6) is 0 Å². The van der Waals surface area contributed by atoms with Crippen molar-refractivity contribution in [1.82, 2.24) is 5.32 Å². The molecule has 0 aliphatic heterocycles. The molecule has 3 rings (SSSR count). The predicted molar refractivity (Wildman–Crippen MR) is 81.3 cm³/mol. The van der Waals surface area contributed by atoms with Crippen molar-refractivity contribution >= 4 is 0 Å². The van der Waals surface area contributed by atoms with Gasteiger partial charge in [0.2, 0.25) is 0 Å². The number of rotatable bonds is 4. The molecular formula is C18H26FN. The molecule has 110 valence electrons. The molecule has 2 aliphatic rings. The van der Waals surface area contributed by atoms with Crippen LogP contribution in [0.15, 0.2) is 24.3 Å². The van der Waals surface area contributed by atoms with Crippen LogP contribution in [-0.4, -0.2) is 12.6 Å². The van der Waals surface area contributed by atoms with E-state index in [-0.39, 0.29) is 5.82 Å². The van der Waals surface area contributed by atoms with Gasteiger partial charge >= 0.3 is 0 Å². The maximum absolute atomic E-state index is 12.9. The molecule has 0 bridgehead atoms. The Balaban J connectivity index is 1.39. The van der Waals surface area contributed by atoms with E-state index in [1.54, 1.807) is 12.1 Å². The SMILES string of the molecule is CC1CCCC(CNC2CC(c3ccc(F)cc3)C2)C1. The number of benzene rings is 1. The van der Waals surface area contributed by atoms with Crippen molar-refractivity contribution in [2.24, 2.45) is 11.8 Å². The normalized spacial score (nSPS) is 33.7. The second-order valence-electron chi connectivity index (χ2n) is 6.96. The minimum atomic E-state index is -0.130. The number of halogens is 1. The number of hydrogen-bond donors (Lipinski definition) is 1. The van der Waals surface area contributed by atoms with E-state index in [0.29, 0.717) is 12.0 Å². The van der Waals surface area contributed by atoms with E-state index < -0.39 is 0 Å². The molecule has 1 aromatic carbocycles. The minimum absolute atomic E-state index is 0.130. The van der Waals surface area contributed by atoms with Gasteiger partial charge < -0.3 is 5.32 Å². The third-order valence-corrected chi connectivity index (χ3v) is 5.22. The highest BCUT2D eigenvalue weighted by molar-refractivity contribution is 5.23. The van der Waals surface area contributed by atoms with Crippen molar-refractivity contribution in [1.29, 1.82) is 0 Å². The quantitative estimate of drug-likeness (QED) is 0.854. The number of nitrogens with one attached hydrogen (secondary N) is 1. The van der Waals surface area contributed by atoms with E-state index in [4.69, 9.17) is 0 Å². The van der Waals surface area contributed by atoms with Crippen molar-refractivity contribution in [2.45, 2.75) is 57.4 Å².